The van der Waals surface area contributed by atoms with Gasteiger partial charge in [0.1, 0.15) is 12.2 Å². The summed E-state index contributed by atoms with van der Waals surface area (Å²) in [5.74, 6) is 1.46. The first kappa shape index (κ1) is 15.3. The van der Waals surface area contributed by atoms with E-state index in [0.29, 0.717) is 12.5 Å². The Balaban J connectivity index is 2.09. The van der Waals surface area contributed by atoms with Crippen LogP contribution in [0.15, 0.2) is 22.9 Å². The topological polar surface area (TPSA) is 42.7 Å². The van der Waals surface area contributed by atoms with Crippen molar-refractivity contribution < 1.29 is 0 Å². The fourth-order valence-corrected chi connectivity index (χ4v) is 2.64. The lowest BCUT2D eigenvalue weighted by molar-refractivity contribution is 0.468. The quantitative estimate of drug-likeness (QED) is 0.869. The van der Waals surface area contributed by atoms with Gasteiger partial charge >= 0.3 is 0 Å². The van der Waals surface area contributed by atoms with Gasteiger partial charge in [-0.1, -0.05) is 25.4 Å². The molecule has 0 saturated carbocycles. The molecule has 0 fully saturated rings. The van der Waals surface area contributed by atoms with Crippen molar-refractivity contribution in [1.29, 1.82) is 0 Å². The Morgan fingerprint density at radius 3 is 2.85 bits per heavy atom. The van der Waals surface area contributed by atoms with Crippen molar-refractivity contribution >= 4 is 33.2 Å². The summed E-state index contributed by atoms with van der Waals surface area (Å²) in [5, 5.41) is 8.34. The number of hydrogen-bond donors (Lipinski definition) is 1. The Bertz CT molecular complexity index is 595. The molecule has 1 heterocycles. The van der Waals surface area contributed by atoms with Gasteiger partial charge in [0.15, 0.2) is 0 Å². The second-order valence-electron chi connectivity index (χ2n) is 5.19. The highest BCUT2D eigenvalue weighted by molar-refractivity contribution is 9.10. The van der Waals surface area contributed by atoms with Gasteiger partial charge < -0.3 is 5.32 Å². The first-order chi connectivity index (χ1) is 9.47. The number of halogens is 2. The third kappa shape index (κ3) is 3.73. The van der Waals surface area contributed by atoms with Crippen LogP contribution in [0.25, 0.3) is 0 Å². The zero-order valence-electron chi connectivity index (χ0n) is 11.8. The Labute approximate surface area is 132 Å². The van der Waals surface area contributed by atoms with Crippen LogP contribution >= 0.6 is 27.5 Å². The van der Waals surface area contributed by atoms with Crippen molar-refractivity contribution in [3.05, 3.63) is 39.3 Å². The predicted octanol–water partition coefficient (Wildman–Crippen LogP) is 4.27. The van der Waals surface area contributed by atoms with Crippen LogP contribution in [0.1, 0.15) is 25.2 Å². The van der Waals surface area contributed by atoms with Gasteiger partial charge in [-0.3, -0.25) is 0 Å². The molecule has 0 radical (unpaired) electrons. The molecule has 0 atom stereocenters. The summed E-state index contributed by atoms with van der Waals surface area (Å²) in [6.45, 7) is 7.79. The van der Waals surface area contributed by atoms with Crippen LogP contribution in [0.2, 0.25) is 5.02 Å². The van der Waals surface area contributed by atoms with Crippen molar-refractivity contribution in [3.8, 4) is 0 Å². The number of anilines is 1. The van der Waals surface area contributed by atoms with Crippen LogP contribution in [0.4, 0.5) is 5.69 Å². The average Bonchev–Trinajstić information content (AvgIpc) is 2.79. The molecule has 0 bridgehead atoms. The van der Waals surface area contributed by atoms with Crippen LogP contribution in [0.5, 0.6) is 0 Å². The molecule has 1 aromatic heterocycles. The van der Waals surface area contributed by atoms with Gasteiger partial charge in [-0.2, -0.15) is 5.10 Å². The molecule has 4 nitrogen and oxygen atoms in total. The van der Waals surface area contributed by atoms with E-state index >= 15 is 0 Å². The largest absolute Gasteiger partial charge is 0.377 e. The highest BCUT2D eigenvalue weighted by Gasteiger charge is 2.08. The van der Waals surface area contributed by atoms with Gasteiger partial charge in [0.05, 0.1) is 12.2 Å². The number of aromatic nitrogens is 3. The molecule has 0 aliphatic carbocycles. The monoisotopic (exact) mass is 356 g/mol. The van der Waals surface area contributed by atoms with Gasteiger partial charge in [0.2, 0.25) is 0 Å². The lowest BCUT2D eigenvalue weighted by Crippen LogP contribution is -2.13. The van der Waals surface area contributed by atoms with E-state index in [1.54, 1.807) is 6.33 Å². The molecule has 2 rings (SSSR count). The molecule has 2 aromatic rings. The number of nitrogens with one attached hydrogen (secondary N) is 1. The van der Waals surface area contributed by atoms with E-state index in [4.69, 9.17) is 11.6 Å². The summed E-state index contributed by atoms with van der Waals surface area (Å²) in [6, 6.07) is 3.92. The molecule has 0 aliphatic heterocycles. The molecular formula is C14H18BrClN4. The van der Waals surface area contributed by atoms with E-state index in [-0.39, 0.29) is 0 Å². The first-order valence-corrected chi connectivity index (χ1v) is 7.70. The number of hydrogen-bond acceptors (Lipinski definition) is 3. The second-order valence-corrected chi connectivity index (χ2v) is 6.45. The van der Waals surface area contributed by atoms with E-state index in [0.717, 1.165) is 33.1 Å². The summed E-state index contributed by atoms with van der Waals surface area (Å²) in [7, 11) is 0. The summed E-state index contributed by atoms with van der Waals surface area (Å²) in [4.78, 5) is 4.30. The molecule has 1 aromatic carbocycles. The van der Waals surface area contributed by atoms with Crippen molar-refractivity contribution in [2.45, 2.75) is 33.9 Å². The van der Waals surface area contributed by atoms with Gasteiger partial charge in [-0.25, -0.2) is 9.67 Å². The van der Waals surface area contributed by atoms with Crippen LogP contribution < -0.4 is 5.32 Å². The van der Waals surface area contributed by atoms with Gasteiger partial charge in [0, 0.05) is 16.0 Å². The van der Waals surface area contributed by atoms with E-state index < -0.39 is 0 Å². The molecule has 0 aliphatic rings. The maximum atomic E-state index is 6.15. The molecule has 0 unspecified atom stereocenters. The minimum absolute atomic E-state index is 0.538. The Morgan fingerprint density at radius 2 is 2.15 bits per heavy atom. The SMILES string of the molecule is Cc1cc(Br)c(NCc2ncnn2CC(C)C)cc1Cl. The minimum Gasteiger partial charge on any atom is -0.377 e. The minimum atomic E-state index is 0.538. The highest BCUT2D eigenvalue weighted by atomic mass is 79.9. The average molecular weight is 358 g/mol. The van der Waals surface area contributed by atoms with Gasteiger partial charge in [-0.15, -0.1) is 0 Å². The highest BCUT2D eigenvalue weighted by Crippen LogP contribution is 2.29. The summed E-state index contributed by atoms with van der Waals surface area (Å²) in [6.07, 6.45) is 1.59. The van der Waals surface area contributed by atoms with Crippen LogP contribution in [0.3, 0.4) is 0 Å². The van der Waals surface area contributed by atoms with Crippen LogP contribution in [0, 0.1) is 12.8 Å². The molecule has 0 spiro atoms. The molecule has 6 heteroatoms. The van der Waals surface area contributed by atoms with Crippen molar-refractivity contribution in [3.63, 3.8) is 0 Å². The van der Waals surface area contributed by atoms with Gasteiger partial charge in [-0.05, 0) is 46.5 Å². The smallest absolute Gasteiger partial charge is 0.146 e. The number of benzene rings is 1. The summed E-state index contributed by atoms with van der Waals surface area (Å²) >= 11 is 9.69. The van der Waals surface area contributed by atoms with Crippen molar-refractivity contribution in [2.24, 2.45) is 5.92 Å². The lowest BCUT2D eigenvalue weighted by Gasteiger charge is -2.12. The van der Waals surface area contributed by atoms with Crippen LogP contribution in [-0.4, -0.2) is 14.8 Å². The zero-order valence-corrected chi connectivity index (χ0v) is 14.2. The van der Waals surface area contributed by atoms with E-state index in [2.05, 4.69) is 45.2 Å². The number of rotatable bonds is 5. The first-order valence-electron chi connectivity index (χ1n) is 6.53. The number of aryl methyl sites for hydroxylation is 1. The van der Waals surface area contributed by atoms with Crippen LogP contribution in [-0.2, 0) is 13.1 Å². The zero-order chi connectivity index (χ0) is 14.7. The normalized spacial score (nSPS) is 11.1. The molecule has 0 amide bonds. The number of nitrogens with zero attached hydrogens (tertiary/aromatic N) is 3. The molecular weight excluding hydrogens is 340 g/mol. The summed E-state index contributed by atoms with van der Waals surface area (Å²) in [5.41, 5.74) is 2.01. The predicted molar refractivity (Wildman–Crippen MR) is 86.1 cm³/mol. The van der Waals surface area contributed by atoms with E-state index in [9.17, 15) is 0 Å². The molecule has 20 heavy (non-hydrogen) atoms. The van der Waals surface area contributed by atoms with Crippen molar-refractivity contribution in [2.75, 3.05) is 5.32 Å². The van der Waals surface area contributed by atoms with E-state index in [1.165, 1.54) is 0 Å². The third-order valence-electron chi connectivity index (χ3n) is 2.92. The van der Waals surface area contributed by atoms with Gasteiger partial charge in [0.25, 0.3) is 0 Å². The Kier molecular flexibility index (Phi) is 5.05. The molecule has 0 saturated heterocycles. The fraction of sp³-hybridized carbons (Fsp3) is 0.429. The molecule has 108 valence electrons. The maximum Gasteiger partial charge on any atom is 0.146 e. The lowest BCUT2D eigenvalue weighted by atomic mass is 10.2. The standard InChI is InChI=1S/C14H18BrClN4/c1-9(2)7-20-14(18-8-19-20)6-17-13-5-12(16)10(3)4-11(13)15/h4-5,8-9,17H,6-7H2,1-3H3. The summed E-state index contributed by atoms with van der Waals surface area (Å²) < 4.78 is 2.93. The maximum absolute atomic E-state index is 6.15. The van der Waals surface area contributed by atoms with E-state index in [1.807, 2.05) is 23.7 Å². The molecule has 1 N–H and O–H groups in total. The Hall–Kier alpha value is -1.07. The fourth-order valence-electron chi connectivity index (χ4n) is 1.88. The Morgan fingerprint density at radius 1 is 1.40 bits per heavy atom. The third-order valence-corrected chi connectivity index (χ3v) is 3.98. The second kappa shape index (κ2) is 6.59. The van der Waals surface area contributed by atoms with Crippen molar-refractivity contribution in [1.82, 2.24) is 14.8 Å².